The summed E-state index contributed by atoms with van der Waals surface area (Å²) >= 11 is 0. The lowest BCUT2D eigenvalue weighted by molar-refractivity contribution is -0.145. The first kappa shape index (κ1) is 18.1. The number of nitrogens with zero attached hydrogens (tertiary/aromatic N) is 4. The minimum absolute atomic E-state index is 0.110. The molecule has 0 aromatic carbocycles. The van der Waals surface area contributed by atoms with E-state index in [-0.39, 0.29) is 5.91 Å². The molecule has 4 aliphatic heterocycles. The highest BCUT2D eigenvalue weighted by Crippen LogP contribution is 2.39. The van der Waals surface area contributed by atoms with Crippen LogP contribution in [0.15, 0.2) is 24.5 Å². The third kappa shape index (κ3) is 3.32. The first-order valence-electron chi connectivity index (χ1n) is 10.9. The van der Waals surface area contributed by atoms with Crippen LogP contribution in [0.3, 0.4) is 0 Å². The Bertz CT molecular complexity index is 731. The summed E-state index contributed by atoms with van der Waals surface area (Å²) in [6.07, 6.45) is 9.78. The SMILES string of the molecule is O=C(c1cccnc1)N1CCC(N2C[C@H]3C[C@H](C2)[C@H]2CCCC(=O)N2C3)CC1. The lowest BCUT2D eigenvalue weighted by Gasteiger charge is -2.54. The van der Waals surface area contributed by atoms with Crippen LogP contribution in [0.1, 0.15) is 48.9 Å². The van der Waals surface area contributed by atoms with Gasteiger partial charge >= 0.3 is 0 Å². The van der Waals surface area contributed by atoms with Crippen LogP contribution in [0, 0.1) is 11.8 Å². The predicted octanol–water partition coefficient (Wildman–Crippen LogP) is 2.02. The summed E-state index contributed by atoms with van der Waals surface area (Å²) in [6, 6.07) is 4.73. The largest absolute Gasteiger partial charge is 0.339 e. The van der Waals surface area contributed by atoms with Crippen molar-refractivity contribution in [1.82, 2.24) is 19.7 Å². The molecule has 1 aromatic rings. The van der Waals surface area contributed by atoms with E-state index >= 15 is 0 Å². The van der Waals surface area contributed by atoms with Crippen molar-refractivity contribution in [2.75, 3.05) is 32.7 Å². The number of carbonyl (C=O) groups excluding carboxylic acids is 2. The second kappa shape index (κ2) is 7.47. The molecule has 6 heteroatoms. The van der Waals surface area contributed by atoms with E-state index in [0.717, 1.165) is 58.4 Å². The molecule has 1 aromatic heterocycles. The van der Waals surface area contributed by atoms with Gasteiger partial charge < -0.3 is 9.80 Å². The van der Waals surface area contributed by atoms with Gasteiger partial charge in [-0.1, -0.05) is 0 Å². The van der Waals surface area contributed by atoms with Crippen molar-refractivity contribution in [2.45, 2.75) is 50.6 Å². The van der Waals surface area contributed by atoms with Crippen LogP contribution in [0.25, 0.3) is 0 Å². The normalized spacial score (nSPS) is 31.6. The molecule has 2 bridgehead atoms. The Hall–Kier alpha value is -1.95. The van der Waals surface area contributed by atoms with Crippen molar-refractivity contribution in [2.24, 2.45) is 11.8 Å². The number of amides is 2. The molecule has 0 N–H and O–H groups in total. The van der Waals surface area contributed by atoms with Gasteiger partial charge in [-0.15, -0.1) is 0 Å². The molecule has 150 valence electrons. The van der Waals surface area contributed by atoms with Gasteiger partial charge in [-0.2, -0.15) is 0 Å². The van der Waals surface area contributed by atoms with E-state index < -0.39 is 0 Å². The highest BCUT2D eigenvalue weighted by Gasteiger charge is 2.45. The second-order valence-corrected chi connectivity index (χ2v) is 9.09. The molecule has 2 amide bonds. The molecule has 0 spiro atoms. The van der Waals surface area contributed by atoms with Crippen LogP contribution < -0.4 is 0 Å². The molecule has 0 radical (unpaired) electrons. The van der Waals surface area contributed by atoms with E-state index in [9.17, 15) is 9.59 Å². The lowest BCUT2D eigenvalue weighted by Crippen LogP contribution is -2.62. The summed E-state index contributed by atoms with van der Waals surface area (Å²) in [5, 5.41) is 0. The highest BCUT2D eigenvalue weighted by atomic mass is 16.2. The number of fused-ring (bicyclic) bond motifs is 4. The monoisotopic (exact) mass is 382 g/mol. The minimum Gasteiger partial charge on any atom is -0.339 e. The summed E-state index contributed by atoms with van der Waals surface area (Å²) in [6.45, 7) is 4.88. The van der Waals surface area contributed by atoms with Crippen LogP contribution in [-0.4, -0.2) is 76.3 Å². The van der Waals surface area contributed by atoms with Gasteiger partial charge in [0.2, 0.25) is 5.91 Å². The number of likely N-dealkylation sites (tertiary alicyclic amines) is 2. The third-order valence-electron chi connectivity index (χ3n) is 7.38. The van der Waals surface area contributed by atoms with Crippen molar-refractivity contribution >= 4 is 11.8 Å². The molecule has 5 heterocycles. The molecule has 6 nitrogen and oxygen atoms in total. The zero-order valence-corrected chi connectivity index (χ0v) is 16.5. The van der Waals surface area contributed by atoms with E-state index in [1.165, 1.54) is 12.8 Å². The Balaban J connectivity index is 1.20. The second-order valence-electron chi connectivity index (χ2n) is 9.09. The molecule has 4 saturated heterocycles. The predicted molar refractivity (Wildman–Crippen MR) is 106 cm³/mol. The Morgan fingerprint density at radius 2 is 1.96 bits per heavy atom. The highest BCUT2D eigenvalue weighted by molar-refractivity contribution is 5.93. The Kier molecular flexibility index (Phi) is 4.83. The summed E-state index contributed by atoms with van der Waals surface area (Å²) in [4.78, 5) is 36.0. The van der Waals surface area contributed by atoms with E-state index in [1.807, 2.05) is 17.0 Å². The quantitative estimate of drug-likeness (QED) is 0.785. The third-order valence-corrected chi connectivity index (χ3v) is 7.38. The molecule has 3 atom stereocenters. The molecule has 4 aliphatic rings. The Labute approximate surface area is 166 Å². The maximum absolute atomic E-state index is 12.7. The standard InChI is InChI=1S/C22H30N4O2/c27-21-5-1-4-20-18-11-16(14-26(20)21)13-25(15-18)19-6-9-24(10-7-19)22(28)17-3-2-8-23-12-17/h2-3,8,12,16,18-20H,1,4-7,9-11,13-15H2/t16-,18-,20-/m1/s1. The zero-order valence-electron chi connectivity index (χ0n) is 16.5. The number of carbonyl (C=O) groups is 2. The van der Waals surface area contributed by atoms with Gasteiger partial charge in [0.1, 0.15) is 0 Å². The topological polar surface area (TPSA) is 56.8 Å². The summed E-state index contributed by atoms with van der Waals surface area (Å²) in [7, 11) is 0. The van der Waals surface area contributed by atoms with E-state index in [1.54, 1.807) is 12.4 Å². The van der Waals surface area contributed by atoms with Gasteiger partial charge in [0.15, 0.2) is 0 Å². The maximum atomic E-state index is 12.7. The number of aromatic nitrogens is 1. The summed E-state index contributed by atoms with van der Waals surface area (Å²) < 4.78 is 0. The smallest absolute Gasteiger partial charge is 0.255 e. The average molecular weight is 383 g/mol. The van der Waals surface area contributed by atoms with Gasteiger partial charge in [0.05, 0.1) is 5.56 Å². The Morgan fingerprint density at radius 1 is 1.11 bits per heavy atom. The van der Waals surface area contributed by atoms with Crippen molar-refractivity contribution in [3.8, 4) is 0 Å². The molecule has 5 rings (SSSR count). The molecule has 4 fully saturated rings. The fraction of sp³-hybridized carbons (Fsp3) is 0.682. The number of rotatable bonds is 2. The number of pyridine rings is 1. The van der Waals surface area contributed by atoms with E-state index in [2.05, 4.69) is 14.8 Å². The van der Waals surface area contributed by atoms with Gasteiger partial charge in [-0.05, 0) is 56.1 Å². The molecule has 0 saturated carbocycles. The Morgan fingerprint density at radius 3 is 2.75 bits per heavy atom. The van der Waals surface area contributed by atoms with Crippen LogP contribution in [0.4, 0.5) is 0 Å². The molecule has 0 aliphatic carbocycles. The van der Waals surface area contributed by atoms with Crippen LogP contribution in [0.2, 0.25) is 0 Å². The van der Waals surface area contributed by atoms with Gasteiger partial charge in [0.25, 0.3) is 5.91 Å². The van der Waals surface area contributed by atoms with Crippen LogP contribution in [0.5, 0.6) is 0 Å². The molecular weight excluding hydrogens is 352 g/mol. The lowest BCUT2D eigenvalue weighted by atomic mass is 9.75. The fourth-order valence-corrected chi connectivity index (χ4v) is 6.05. The summed E-state index contributed by atoms with van der Waals surface area (Å²) in [5.74, 6) is 1.78. The molecule has 0 unspecified atom stereocenters. The molecule has 28 heavy (non-hydrogen) atoms. The maximum Gasteiger partial charge on any atom is 0.255 e. The van der Waals surface area contributed by atoms with Crippen molar-refractivity contribution in [3.63, 3.8) is 0 Å². The van der Waals surface area contributed by atoms with E-state index in [0.29, 0.717) is 35.4 Å². The number of hydrogen-bond donors (Lipinski definition) is 0. The van der Waals surface area contributed by atoms with Gasteiger partial charge in [0, 0.05) is 63.6 Å². The van der Waals surface area contributed by atoms with Gasteiger partial charge in [-0.25, -0.2) is 0 Å². The molecular formula is C22H30N4O2. The summed E-state index contributed by atoms with van der Waals surface area (Å²) in [5.41, 5.74) is 0.690. The van der Waals surface area contributed by atoms with Crippen LogP contribution >= 0.6 is 0 Å². The zero-order chi connectivity index (χ0) is 19.1. The van der Waals surface area contributed by atoms with E-state index in [4.69, 9.17) is 0 Å². The fourth-order valence-electron chi connectivity index (χ4n) is 6.05. The number of piperidine rings is 4. The van der Waals surface area contributed by atoms with Crippen LogP contribution in [-0.2, 0) is 4.79 Å². The average Bonchev–Trinajstić information content (AvgIpc) is 2.75. The minimum atomic E-state index is 0.110. The number of hydrogen-bond acceptors (Lipinski definition) is 4. The first-order valence-corrected chi connectivity index (χ1v) is 10.9. The first-order chi connectivity index (χ1) is 13.7. The van der Waals surface area contributed by atoms with Crippen molar-refractivity contribution < 1.29 is 9.59 Å². The van der Waals surface area contributed by atoms with Crippen molar-refractivity contribution in [1.29, 1.82) is 0 Å². The van der Waals surface area contributed by atoms with Crippen molar-refractivity contribution in [3.05, 3.63) is 30.1 Å². The van der Waals surface area contributed by atoms with Gasteiger partial charge in [-0.3, -0.25) is 19.5 Å².